The van der Waals surface area contributed by atoms with E-state index in [-0.39, 0.29) is 24.9 Å². The predicted octanol–water partition coefficient (Wildman–Crippen LogP) is 0.802. The molecule has 0 aliphatic rings. The molecule has 1 atom stereocenters. The number of amides is 1. The fraction of sp³-hybridized carbons (Fsp3) is 0.500. The first-order valence-corrected chi connectivity index (χ1v) is 10.0. The summed E-state index contributed by atoms with van der Waals surface area (Å²) in [6, 6.07) is 7.62. The minimum Gasteiger partial charge on any atom is -0.491 e. The van der Waals surface area contributed by atoms with Crippen molar-refractivity contribution in [3.8, 4) is 5.75 Å². The molecule has 1 rings (SSSR count). The fourth-order valence-electron chi connectivity index (χ4n) is 2.16. The van der Waals surface area contributed by atoms with Crippen molar-refractivity contribution < 1.29 is 24.6 Å². The minimum atomic E-state index is -0.855. The van der Waals surface area contributed by atoms with Gasteiger partial charge < -0.3 is 25.3 Å². The van der Waals surface area contributed by atoms with Crippen molar-refractivity contribution in [3.05, 3.63) is 52.6 Å². The van der Waals surface area contributed by atoms with Crippen molar-refractivity contribution in [1.29, 1.82) is 0 Å². The highest BCUT2D eigenvalue weighted by Crippen LogP contribution is 2.18. The normalized spacial score (nSPS) is 11.5. The first-order valence-electron chi connectivity index (χ1n) is 8.85. The largest absolute Gasteiger partial charge is 0.491 e. The van der Waals surface area contributed by atoms with Crippen LogP contribution in [0.5, 0.6) is 5.75 Å². The number of carbonyl (C=O) groups excluding carboxylic acids is 1. The molecular weight excluding hydrogens is 386 g/mol. The van der Waals surface area contributed by atoms with E-state index in [1.807, 2.05) is 24.3 Å². The summed E-state index contributed by atoms with van der Waals surface area (Å²) in [4.78, 5) is 25.7. The van der Waals surface area contributed by atoms with Gasteiger partial charge in [-0.3, -0.25) is 4.79 Å². The molecule has 0 saturated heterocycles. The lowest BCUT2D eigenvalue weighted by Gasteiger charge is -2.15. The molecule has 3 N–H and O–H groups in total. The third-order valence-corrected chi connectivity index (χ3v) is 4.35. The van der Waals surface area contributed by atoms with E-state index in [1.165, 1.54) is 11.8 Å². The third kappa shape index (κ3) is 11.4. The van der Waals surface area contributed by atoms with E-state index in [4.69, 9.17) is 4.74 Å². The van der Waals surface area contributed by atoms with Gasteiger partial charge in [0.1, 0.15) is 25.1 Å². The van der Waals surface area contributed by atoms with Crippen LogP contribution in [0, 0.1) is 10.1 Å². The summed E-state index contributed by atoms with van der Waals surface area (Å²) in [5.74, 6) is 1.15. The zero-order valence-electron chi connectivity index (χ0n) is 15.7. The highest BCUT2D eigenvalue weighted by atomic mass is 32.2. The third-order valence-electron chi connectivity index (χ3n) is 3.43. The molecule has 0 spiro atoms. The Morgan fingerprint density at radius 1 is 1.39 bits per heavy atom. The molecule has 0 saturated carbocycles. The molecule has 28 heavy (non-hydrogen) atoms. The Morgan fingerprint density at radius 2 is 2.18 bits per heavy atom. The number of hydrogen-bond donors (Lipinski definition) is 3. The molecular formula is C18H27N3O6S. The van der Waals surface area contributed by atoms with Gasteiger partial charge in [0, 0.05) is 25.4 Å². The van der Waals surface area contributed by atoms with Crippen LogP contribution in [-0.2, 0) is 16.1 Å². The SMILES string of the molecule is C=CCc1ccccc1OCC(O)CNCCNC(=O)CSCCO[N+](=O)[O-]. The molecule has 0 bridgehead atoms. The van der Waals surface area contributed by atoms with Gasteiger partial charge in [0.25, 0.3) is 5.09 Å². The lowest BCUT2D eigenvalue weighted by atomic mass is 10.1. The maximum absolute atomic E-state index is 11.6. The fourth-order valence-corrected chi connectivity index (χ4v) is 2.78. The number of thioether (sulfide) groups is 1. The minimum absolute atomic E-state index is 0.0372. The quantitative estimate of drug-likeness (QED) is 0.157. The van der Waals surface area contributed by atoms with E-state index in [0.29, 0.717) is 31.8 Å². The van der Waals surface area contributed by atoms with Crippen molar-refractivity contribution in [2.75, 3.05) is 44.4 Å². The number of benzene rings is 1. The molecule has 1 aromatic rings. The van der Waals surface area contributed by atoms with Gasteiger partial charge in [-0.05, 0) is 18.1 Å². The second-order valence-electron chi connectivity index (χ2n) is 5.73. The molecule has 156 valence electrons. The first kappa shape index (κ1) is 23.7. The van der Waals surface area contributed by atoms with E-state index >= 15 is 0 Å². The number of para-hydroxylation sites is 1. The predicted molar refractivity (Wildman–Crippen MR) is 108 cm³/mol. The monoisotopic (exact) mass is 413 g/mol. The van der Waals surface area contributed by atoms with E-state index in [0.717, 1.165) is 11.3 Å². The Bertz CT molecular complexity index is 617. The highest BCUT2D eigenvalue weighted by Gasteiger charge is 2.07. The van der Waals surface area contributed by atoms with Crippen LogP contribution in [0.3, 0.4) is 0 Å². The molecule has 10 heteroatoms. The Labute approximate surface area is 168 Å². The number of ether oxygens (including phenoxy) is 1. The zero-order valence-corrected chi connectivity index (χ0v) is 16.5. The number of rotatable bonds is 16. The van der Waals surface area contributed by atoms with Gasteiger partial charge in [-0.15, -0.1) is 16.7 Å². The molecule has 1 unspecified atom stereocenters. The number of aliphatic hydroxyl groups is 1. The van der Waals surface area contributed by atoms with Gasteiger partial charge in [-0.1, -0.05) is 24.3 Å². The number of nitrogens with one attached hydrogen (secondary N) is 2. The van der Waals surface area contributed by atoms with Crippen LogP contribution < -0.4 is 15.4 Å². The highest BCUT2D eigenvalue weighted by molar-refractivity contribution is 7.99. The maximum Gasteiger partial charge on any atom is 0.294 e. The zero-order chi connectivity index (χ0) is 20.6. The average Bonchev–Trinajstić information content (AvgIpc) is 2.66. The van der Waals surface area contributed by atoms with E-state index < -0.39 is 11.2 Å². The standard InChI is InChI=1S/C18H27N3O6S/c1-2-5-15-6-3-4-7-17(15)26-13-16(22)12-19-8-9-20-18(23)14-28-11-10-27-21(24)25/h2-4,6-7,16,19,22H,1,5,8-14H2,(H,20,23). The smallest absolute Gasteiger partial charge is 0.294 e. The number of nitrogens with zero attached hydrogens (tertiary/aromatic N) is 1. The molecule has 1 aromatic carbocycles. The molecule has 0 aliphatic heterocycles. The van der Waals surface area contributed by atoms with E-state index in [9.17, 15) is 20.0 Å². The number of hydrogen-bond acceptors (Lipinski definition) is 8. The molecule has 0 aromatic heterocycles. The maximum atomic E-state index is 11.6. The summed E-state index contributed by atoms with van der Waals surface area (Å²) in [6.07, 6.45) is 1.82. The van der Waals surface area contributed by atoms with Crippen molar-refractivity contribution in [2.24, 2.45) is 0 Å². The van der Waals surface area contributed by atoms with Crippen LogP contribution in [0.15, 0.2) is 36.9 Å². The molecule has 0 fully saturated rings. The Hall–Kier alpha value is -2.30. The van der Waals surface area contributed by atoms with Gasteiger partial charge >= 0.3 is 0 Å². The summed E-state index contributed by atoms with van der Waals surface area (Å²) in [7, 11) is 0. The summed E-state index contributed by atoms with van der Waals surface area (Å²) < 4.78 is 5.66. The van der Waals surface area contributed by atoms with Gasteiger partial charge in [0.15, 0.2) is 0 Å². The van der Waals surface area contributed by atoms with Crippen molar-refractivity contribution >= 4 is 17.7 Å². The Kier molecular flexibility index (Phi) is 12.5. The number of aliphatic hydroxyl groups excluding tert-OH is 1. The average molecular weight is 413 g/mol. The van der Waals surface area contributed by atoms with Gasteiger partial charge in [-0.2, -0.15) is 11.8 Å². The molecule has 0 aliphatic carbocycles. The van der Waals surface area contributed by atoms with E-state index in [1.54, 1.807) is 6.08 Å². The summed E-state index contributed by atoms with van der Waals surface area (Å²) in [5, 5.41) is 24.9. The van der Waals surface area contributed by atoms with Gasteiger partial charge in [-0.25, -0.2) is 0 Å². The van der Waals surface area contributed by atoms with Crippen LogP contribution in [0.25, 0.3) is 0 Å². The molecule has 0 heterocycles. The second-order valence-corrected chi connectivity index (χ2v) is 6.83. The Balaban J connectivity index is 2.06. The van der Waals surface area contributed by atoms with Crippen molar-refractivity contribution in [1.82, 2.24) is 10.6 Å². The lowest BCUT2D eigenvalue weighted by molar-refractivity contribution is -0.756. The van der Waals surface area contributed by atoms with Crippen LogP contribution in [0.1, 0.15) is 5.56 Å². The Morgan fingerprint density at radius 3 is 2.93 bits per heavy atom. The number of allylic oxidation sites excluding steroid dienone is 1. The van der Waals surface area contributed by atoms with Crippen LogP contribution in [0.4, 0.5) is 0 Å². The summed E-state index contributed by atoms with van der Waals surface area (Å²) >= 11 is 1.26. The van der Waals surface area contributed by atoms with E-state index in [2.05, 4.69) is 22.1 Å². The van der Waals surface area contributed by atoms with Crippen molar-refractivity contribution in [2.45, 2.75) is 12.5 Å². The summed E-state index contributed by atoms with van der Waals surface area (Å²) in [6.45, 7) is 5.11. The van der Waals surface area contributed by atoms with Crippen LogP contribution in [0.2, 0.25) is 0 Å². The van der Waals surface area contributed by atoms with Gasteiger partial charge in [0.05, 0.1) is 5.75 Å². The van der Waals surface area contributed by atoms with Crippen LogP contribution in [-0.4, -0.2) is 66.6 Å². The molecule has 9 nitrogen and oxygen atoms in total. The molecule has 1 amide bonds. The topological polar surface area (TPSA) is 123 Å². The first-order chi connectivity index (χ1) is 13.5. The number of carbonyl (C=O) groups is 1. The van der Waals surface area contributed by atoms with Gasteiger partial charge in [0.2, 0.25) is 5.91 Å². The summed E-state index contributed by atoms with van der Waals surface area (Å²) in [5.41, 5.74) is 1.02. The van der Waals surface area contributed by atoms with Crippen LogP contribution >= 0.6 is 11.8 Å². The molecule has 0 radical (unpaired) electrons. The lowest BCUT2D eigenvalue weighted by Crippen LogP contribution is -2.37. The second kappa shape index (κ2) is 14.7. The van der Waals surface area contributed by atoms with Crippen molar-refractivity contribution in [3.63, 3.8) is 0 Å².